The van der Waals surface area contributed by atoms with Gasteiger partial charge < -0.3 is 24.8 Å². The van der Waals surface area contributed by atoms with Crippen LogP contribution >= 0.6 is 0 Å². The zero-order valence-electron chi connectivity index (χ0n) is 19.8. The summed E-state index contributed by atoms with van der Waals surface area (Å²) in [6.45, 7) is 2.35. The van der Waals surface area contributed by atoms with Gasteiger partial charge in [0.1, 0.15) is 24.0 Å². The SMILES string of the molecule is COc1ccc(NC(=O)N[C@H]2CO[C@H]3[C@H]2OC[C@H]3n2cc(CN(C)Cc3ccccc3)nn2)cc1. The molecule has 0 spiro atoms. The van der Waals surface area contributed by atoms with Crippen molar-refractivity contribution in [2.24, 2.45) is 0 Å². The van der Waals surface area contributed by atoms with Crippen molar-refractivity contribution in [1.29, 1.82) is 0 Å². The average molecular weight is 479 g/mol. The molecule has 3 heterocycles. The van der Waals surface area contributed by atoms with Crippen LogP contribution in [0.25, 0.3) is 0 Å². The number of nitrogens with one attached hydrogen (secondary N) is 2. The van der Waals surface area contributed by atoms with Crippen LogP contribution in [-0.2, 0) is 22.6 Å². The molecule has 5 rings (SSSR count). The third-order valence-corrected chi connectivity index (χ3v) is 6.32. The number of carbonyl (C=O) groups excluding carboxylic acids is 1. The van der Waals surface area contributed by atoms with Gasteiger partial charge in [0.25, 0.3) is 0 Å². The number of nitrogens with zero attached hydrogens (tertiary/aromatic N) is 4. The van der Waals surface area contributed by atoms with Gasteiger partial charge in [0.15, 0.2) is 0 Å². The van der Waals surface area contributed by atoms with Crippen molar-refractivity contribution in [2.45, 2.75) is 37.4 Å². The Bertz CT molecular complexity index is 1120. The van der Waals surface area contributed by atoms with Crippen LogP contribution in [-0.4, -0.2) is 71.5 Å². The van der Waals surface area contributed by atoms with Gasteiger partial charge in [-0.3, -0.25) is 4.90 Å². The summed E-state index contributed by atoms with van der Waals surface area (Å²) in [5.41, 5.74) is 2.82. The molecule has 2 aromatic carbocycles. The molecule has 2 N–H and O–H groups in total. The van der Waals surface area contributed by atoms with Crippen molar-refractivity contribution in [3.8, 4) is 5.75 Å². The largest absolute Gasteiger partial charge is 0.497 e. The minimum Gasteiger partial charge on any atom is -0.497 e. The summed E-state index contributed by atoms with van der Waals surface area (Å²) in [5.74, 6) is 0.729. The molecule has 2 fully saturated rings. The number of rotatable bonds is 8. The Morgan fingerprint density at radius 3 is 2.63 bits per heavy atom. The molecular formula is C25H30N6O4. The zero-order chi connectivity index (χ0) is 24.2. The van der Waals surface area contributed by atoms with Crippen LogP contribution in [0.15, 0.2) is 60.8 Å². The molecule has 2 amide bonds. The van der Waals surface area contributed by atoms with Crippen molar-refractivity contribution >= 4 is 11.7 Å². The number of fused-ring (bicyclic) bond motifs is 1. The number of urea groups is 1. The van der Waals surface area contributed by atoms with Crippen molar-refractivity contribution in [3.63, 3.8) is 0 Å². The lowest BCUT2D eigenvalue weighted by atomic mass is 10.1. The number of methoxy groups -OCH3 is 1. The summed E-state index contributed by atoms with van der Waals surface area (Å²) in [7, 11) is 3.67. The summed E-state index contributed by atoms with van der Waals surface area (Å²) >= 11 is 0. The van der Waals surface area contributed by atoms with E-state index in [2.05, 4.69) is 45.0 Å². The molecule has 0 unspecified atom stereocenters. The van der Waals surface area contributed by atoms with E-state index in [-0.39, 0.29) is 30.3 Å². The van der Waals surface area contributed by atoms with Gasteiger partial charge in [-0.25, -0.2) is 9.48 Å². The van der Waals surface area contributed by atoms with E-state index < -0.39 is 0 Å². The van der Waals surface area contributed by atoms with Crippen molar-refractivity contribution in [2.75, 3.05) is 32.7 Å². The first-order chi connectivity index (χ1) is 17.1. The second-order valence-corrected chi connectivity index (χ2v) is 8.94. The Morgan fingerprint density at radius 1 is 1.09 bits per heavy atom. The zero-order valence-corrected chi connectivity index (χ0v) is 19.8. The fraction of sp³-hybridized carbons (Fsp3) is 0.400. The van der Waals surface area contributed by atoms with Crippen LogP contribution in [0.1, 0.15) is 17.3 Å². The maximum atomic E-state index is 12.5. The predicted molar refractivity (Wildman–Crippen MR) is 129 cm³/mol. The van der Waals surface area contributed by atoms with E-state index in [1.807, 2.05) is 29.1 Å². The van der Waals surface area contributed by atoms with E-state index in [9.17, 15) is 4.79 Å². The first kappa shape index (κ1) is 23.3. The third-order valence-electron chi connectivity index (χ3n) is 6.32. The van der Waals surface area contributed by atoms with E-state index in [0.717, 1.165) is 18.0 Å². The van der Waals surface area contributed by atoms with Crippen LogP contribution in [0.4, 0.5) is 10.5 Å². The minimum absolute atomic E-state index is 0.0860. The van der Waals surface area contributed by atoms with Crippen LogP contribution in [0.2, 0.25) is 0 Å². The Labute approximate surface area is 204 Å². The molecule has 0 saturated carbocycles. The molecule has 184 valence electrons. The van der Waals surface area contributed by atoms with E-state index in [0.29, 0.717) is 25.4 Å². The number of anilines is 1. The summed E-state index contributed by atoms with van der Waals surface area (Å²) in [5, 5.41) is 14.5. The van der Waals surface area contributed by atoms with E-state index in [1.165, 1.54) is 5.56 Å². The van der Waals surface area contributed by atoms with Gasteiger partial charge in [-0.1, -0.05) is 35.5 Å². The lowest BCUT2D eigenvalue weighted by molar-refractivity contribution is 0.0622. The van der Waals surface area contributed by atoms with Gasteiger partial charge >= 0.3 is 6.03 Å². The van der Waals surface area contributed by atoms with Crippen LogP contribution in [0, 0.1) is 0 Å². The highest BCUT2D eigenvalue weighted by atomic mass is 16.6. The standard InChI is InChI=1S/C25H30N6O4/c1-30(12-17-6-4-3-5-7-17)13-19-14-31(29-28-19)22-16-35-23-21(15-34-24(22)23)27-25(32)26-18-8-10-20(33-2)11-9-18/h3-11,14,21-24H,12-13,15-16H2,1-2H3,(H2,26,27,32)/t21-,22+,23-,24+/m0/s1. The molecule has 10 nitrogen and oxygen atoms in total. The quantitative estimate of drug-likeness (QED) is 0.513. The summed E-state index contributed by atoms with van der Waals surface area (Å²) < 4.78 is 19.0. The molecule has 0 bridgehead atoms. The second kappa shape index (κ2) is 10.4. The number of amides is 2. The highest BCUT2D eigenvalue weighted by Crippen LogP contribution is 2.34. The molecule has 2 saturated heterocycles. The lowest BCUT2D eigenvalue weighted by Crippen LogP contribution is -2.45. The molecule has 0 aliphatic carbocycles. The van der Waals surface area contributed by atoms with Crippen LogP contribution < -0.4 is 15.4 Å². The van der Waals surface area contributed by atoms with Gasteiger partial charge in [-0.2, -0.15) is 0 Å². The summed E-state index contributed by atoms with van der Waals surface area (Å²) in [4.78, 5) is 14.7. The highest BCUT2D eigenvalue weighted by Gasteiger charge is 2.49. The number of ether oxygens (including phenoxy) is 3. The normalized spacial score (nSPS) is 23.3. The summed E-state index contributed by atoms with van der Waals surface area (Å²) in [6, 6.07) is 16.9. The molecule has 2 aliphatic rings. The first-order valence-electron chi connectivity index (χ1n) is 11.7. The van der Waals surface area contributed by atoms with E-state index in [4.69, 9.17) is 14.2 Å². The maximum absolute atomic E-state index is 12.5. The summed E-state index contributed by atoms with van der Waals surface area (Å²) in [6.07, 6.45) is 1.52. The second-order valence-electron chi connectivity index (χ2n) is 8.94. The van der Waals surface area contributed by atoms with Crippen LogP contribution in [0.5, 0.6) is 5.75 Å². The van der Waals surface area contributed by atoms with E-state index >= 15 is 0 Å². The van der Waals surface area contributed by atoms with Crippen molar-refractivity contribution < 1.29 is 19.0 Å². The Balaban J connectivity index is 1.14. The third kappa shape index (κ3) is 5.45. The molecule has 3 aromatic rings. The fourth-order valence-corrected chi connectivity index (χ4v) is 4.62. The van der Waals surface area contributed by atoms with Gasteiger partial charge in [-0.15, -0.1) is 5.10 Å². The lowest BCUT2D eigenvalue weighted by Gasteiger charge is -2.18. The number of hydrogen-bond acceptors (Lipinski definition) is 7. The van der Waals surface area contributed by atoms with Gasteiger partial charge in [0, 0.05) is 18.8 Å². The van der Waals surface area contributed by atoms with Gasteiger partial charge in [0.2, 0.25) is 0 Å². The average Bonchev–Trinajstić information content (AvgIpc) is 3.58. The molecular weight excluding hydrogens is 448 g/mol. The fourth-order valence-electron chi connectivity index (χ4n) is 4.62. The van der Waals surface area contributed by atoms with Crippen molar-refractivity contribution in [3.05, 3.63) is 72.1 Å². The number of hydrogen-bond donors (Lipinski definition) is 2. The maximum Gasteiger partial charge on any atom is 0.319 e. The Kier molecular flexibility index (Phi) is 6.94. The molecule has 1 aromatic heterocycles. The molecule has 35 heavy (non-hydrogen) atoms. The molecule has 2 aliphatic heterocycles. The smallest absolute Gasteiger partial charge is 0.319 e. The van der Waals surface area contributed by atoms with Gasteiger partial charge in [0.05, 0.1) is 38.3 Å². The topological polar surface area (TPSA) is 103 Å². The Hall–Kier alpha value is -3.47. The number of benzene rings is 2. The molecule has 10 heteroatoms. The monoisotopic (exact) mass is 478 g/mol. The minimum atomic E-state index is -0.305. The Morgan fingerprint density at radius 2 is 1.86 bits per heavy atom. The first-order valence-corrected chi connectivity index (χ1v) is 11.7. The molecule has 0 radical (unpaired) electrons. The van der Waals surface area contributed by atoms with Crippen molar-refractivity contribution in [1.82, 2.24) is 25.2 Å². The van der Waals surface area contributed by atoms with E-state index in [1.54, 1.807) is 31.4 Å². The molecule has 4 atom stereocenters. The number of aromatic nitrogens is 3. The van der Waals surface area contributed by atoms with Crippen LogP contribution in [0.3, 0.4) is 0 Å². The predicted octanol–water partition coefficient (Wildman–Crippen LogP) is 2.45. The highest BCUT2D eigenvalue weighted by molar-refractivity contribution is 5.89. The number of carbonyl (C=O) groups is 1. The van der Waals surface area contributed by atoms with Gasteiger partial charge in [-0.05, 0) is 36.9 Å².